The number of rotatable bonds is 4. The first kappa shape index (κ1) is 20.7. The predicted molar refractivity (Wildman–Crippen MR) is 99.3 cm³/mol. The fraction of sp³-hybridized carbons (Fsp3) is 0.500. The number of nitriles is 2. The van der Waals surface area contributed by atoms with E-state index in [1.807, 2.05) is 13.8 Å². The smallest absolute Gasteiger partial charge is 0.264 e. The van der Waals surface area contributed by atoms with Crippen molar-refractivity contribution in [1.29, 1.82) is 10.5 Å². The van der Waals surface area contributed by atoms with Crippen molar-refractivity contribution in [1.82, 2.24) is 5.32 Å². The highest BCUT2D eigenvalue weighted by molar-refractivity contribution is 7.86. The third-order valence-electron chi connectivity index (χ3n) is 4.13. The Morgan fingerprint density at radius 2 is 2.04 bits per heavy atom. The van der Waals surface area contributed by atoms with E-state index >= 15 is 0 Å². The highest BCUT2D eigenvalue weighted by Gasteiger charge is 2.47. The van der Waals surface area contributed by atoms with E-state index in [0.29, 0.717) is 22.7 Å². The Kier molecular flexibility index (Phi) is 5.79. The van der Waals surface area contributed by atoms with Gasteiger partial charge in [0.2, 0.25) is 6.19 Å². The summed E-state index contributed by atoms with van der Waals surface area (Å²) in [5.74, 6) is 0.776. The normalized spacial score (nSPS) is 21.6. The van der Waals surface area contributed by atoms with Crippen LogP contribution in [0, 0.1) is 28.7 Å². The Hall–Kier alpha value is -2.62. The van der Waals surface area contributed by atoms with Crippen LogP contribution in [-0.2, 0) is 14.3 Å². The zero-order valence-corrected chi connectivity index (χ0v) is 16.7. The molecule has 1 aliphatic rings. The lowest BCUT2D eigenvalue weighted by atomic mass is 9.85. The summed E-state index contributed by atoms with van der Waals surface area (Å²) in [6, 6.07) is 6.27. The second-order valence-corrected chi connectivity index (χ2v) is 8.77. The number of ether oxygens (including phenoxy) is 1. The molecule has 0 aliphatic carbocycles. The molecule has 0 spiro atoms. The fourth-order valence-electron chi connectivity index (χ4n) is 2.91. The molecule has 0 saturated heterocycles. The Labute approximate surface area is 159 Å². The van der Waals surface area contributed by atoms with Gasteiger partial charge in [-0.1, -0.05) is 13.8 Å². The summed E-state index contributed by atoms with van der Waals surface area (Å²) in [6.45, 7) is 7.14. The Balaban J connectivity index is 2.64. The van der Waals surface area contributed by atoms with Crippen LogP contribution in [0.3, 0.4) is 0 Å². The van der Waals surface area contributed by atoms with Gasteiger partial charge in [0.15, 0.2) is 0 Å². The van der Waals surface area contributed by atoms with Crippen LogP contribution in [0.15, 0.2) is 23.2 Å². The third kappa shape index (κ3) is 4.76. The van der Waals surface area contributed by atoms with Gasteiger partial charge in [-0.3, -0.25) is 4.18 Å². The zero-order chi connectivity index (χ0) is 20.4. The number of hydrogen-bond acceptors (Lipinski definition) is 7. The number of nitrogens with one attached hydrogen (secondary N) is 1. The summed E-state index contributed by atoms with van der Waals surface area (Å²) in [4.78, 5) is 3.81. The van der Waals surface area contributed by atoms with E-state index in [4.69, 9.17) is 14.2 Å². The Morgan fingerprint density at radius 1 is 1.37 bits per heavy atom. The molecule has 0 radical (unpaired) electrons. The second-order valence-electron chi connectivity index (χ2n) is 7.16. The van der Waals surface area contributed by atoms with Crippen LogP contribution in [0.4, 0.5) is 0 Å². The van der Waals surface area contributed by atoms with Gasteiger partial charge in [-0.25, -0.2) is 0 Å². The molecule has 8 nitrogen and oxygen atoms in total. The number of nitrogens with zero attached hydrogens (tertiary/aromatic N) is 3. The fourth-order valence-corrected chi connectivity index (χ4v) is 3.63. The monoisotopic (exact) mass is 390 g/mol. The highest BCUT2D eigenvalue weighted by Crippen LogP contribution is 2.42. The van der Waals surface area contributed by atoms with Crippen molar-refractivity contribution in [2.45, 2.75) is 45.4 Å². The molecule has 0 bridgehead atoms. The van der Waals surface area contributed by atoms with Gasteiger partial charge in [-0.15, -0.1) is 0 Å². The maximum atomic E-state index is 11.9. The molecule has 1 heterocycles. The number of amidine groups is 1. The van der Waals surface area contributed by atoms with Gasteiger partial charge < -0.3 is 10.1 Å². The molecule has 0 amide bonds. The Bertz CT molecular complexity index is 939. The van der Waals surface area contributed by atoms with Crippen molar-refractivity contribution >= 4 is 16.0 Å². The molecule has 9 heteroatoms. The van der Waals surface area contributed by atoms with Gasteiger partial charge in [0.1, 0.15) is 23.3 Å². The highest BCUT2D eigenvalue weighted by atomic mass is 32.2. The second kappa shape index (κ2) is 7.55. The van der Waals surface area contributed by atoms with E-state index in [2.05, 4.69) is 16.4 Å². The van der Waals surface area contributed by atoms with E-state index in [-0.39, 0.29) is 5.92 Å². The number of aliphatic imine (C=N–C) groups is 1. The molecule has 0 fully saturated rings. The molecule has 2 atom stereocenters. The van der Waals surface area contributed by atoms with Gasteiger partial charge in [0.05, 0.1) is 23.9 Å². The summed E-state index contributed by atoms with van der Waals surface area (Å²) in [5.41, 5.74) is -0.0463. The molecule has 1 aromatic rings. The van der Waals surface area contributed by atoms with Crippen LogP contribution in [0.25, 0.3) is 0 Å². The van der Waals surface area contributed by atoms with Gasteiger partial charge in [0.25, 0.3) is 10.1 Å². The quantitative estimate of drug-likeness (QED) is 0.362. The molecule has 0 unspecified atom stereocenters. The van der Waals surface area contributed by atoms with Crippen LogP contribution in [0.1, 0.15) is 44.9 Å². The van der Waals surface area contributed by atoms with E-state index in [9.17, 15) is 13.7 Å². The molecule has 0 aromatic heterocycles. The lowest BCUT2D eigenvalue weighted by Gasteiger charge is -2.44. The Morgan fingerprint density at radius 3 is 2.56 bits per heavy atom. The molecule has 1 aromatic carbocycles. The van der Waals surface area contributed by atoms with Gasteiger partial charge in [0, 0.05) is 11.5 Å². The van der Waals surface area contributed by atoms with Gasteiger partial charge in [-0.05, 0) is 32.0 Å². The van der Waals surface area contributed by atoms with Crippen LogP contribution in [-0.4, -0.2) is 32.2 Å². The first-order chi connectivity index (χ1) is 12.5. The molecule has 0 saturated carbocycles. The molecule has 27 heavy (non-hydrogen) atoms. The number of fused-ring (bicyclic) bond motifs is 1. The summed E-state index contributed by atoms with van der Waals surface area (Å²) >= 11 is 0. The molecular formula is C18H22N4O4S. The van der Waals surface area contributed by atoms with Crippen molar-refractivity contribution in [3.63, 3.8) is 0 Å². The topological polar surface area (TPSA) is 125 Å². The van der Waals surface area contributed by atoms with Crippen LogP contribution >= 0.6 is 0 Å². The standard InChI is InChI=1S/C18H22N4O4S/c1-11(2)17(21-10-20)22-15-13-8-12(9-19)6-7-14(13)25-18(3,4)16(15)26-27(5,23)24/h6-8,11,15-16H,1-5H3,(H,21,22)/t15-,16+/m1/s1. The lowest BCUT2D eigenvalue weighted by Crippen LogP contribution is -2.55. The summed E-state index contributed by atoms with van der Waals surface area (Å²) in [6.07, 6.45) is 1.77. The average molecular weight is 390 g/mol. The molecular weight excluding hydrogens is 368 g/mol. The molecule has 1 aliphatic heterocycles. The average Bonchev–Trinajstić information content (AvgIpc) is 2.55. The molecule has 1 N–H and O–H groups in total. The minimum atomic E-state index is -3.80. The number of hydrogen-bond donors (Lipinski definition) is 1. The molecule has 2 rings (SSSR count). The summed E-state index contributed by atoms with van der Waals surface area (Å²) < 4.78 is 35.1. The van der Waals surface area contributed by atoms with E-state index in [1.54, 1.807) is 38.2 Å². The van der Waals surface area contributed by atoms with E-state index in [0.717, 1.165) is 6.26 Å². The van der Waals surface area contributed by atoms with Crippen molar-refractivity contribution in [2.75, 3.05) is 6.26 Å². The van der Waals surface area contributed by atoms with Crippen molar-refractivity contribution < 1.29 is 17.3 Å². The van der Waals surface area contributed by atoms with Crippen molar-refractivity contribution in [3.8, 4) is 18.0 Å². The predicted octanol–water partition coefficient (Wildman–Crippen LogP) is 2.24. The maximum absolute atomic E-state index is 11.9. The lowest BCUT2D eigenvalue weighted by molar-refractivity contribution is -0.0432. The van der Waals surface area contributed by atoms with Crippen LogP contribution in [0.5, 0.6) is 5.75 Å². The first-order valence-electron chi connectivity index (χ1n) is 8.33. The SMILES string of the molecule is CC(C)C(=NC#N)N[C@@H]1c2cc(C#N)ccc2OC(C)(C)[C@H]1OS(C)(=O)=O. The summed E-state index contributed by atoms with van der Waals surface area (Å²) in [7, 11) is -3.80. The number of benzene rings is 1. The maximum Gasteiger partial charge on any atom is 0.264 e. The minimum absolute atomic E-state index is 0.114. The zero-order valence-electron chi connectivity index (χ0n) is 15.8. The van der Waals surface area contributed by atoms with E-state index < -0.39 is 27.9 Å². The van der Waals surface area contributed by atoms with Gasteiger partial charge >= 0.3 is 0 Å². The van der Waals surface area contributed by atoms with Crippen molar-refractivity contribution in [3.05, 3.63) is 29.3 Å². The van der Waals surface area contributed by atoms with Gasteiger partial charge in [-0.2, -0.15) is 23.9 Å². The largest absolute Gasteiger partial charge is 0.485 e. The summed E-state index contributed by atoms with van der Waals surface area (Å²) in [5, 5.41) is 21.3. The van der Waals surface area contributed by atoms with E-state index in [1.165, 1.54) is 0 Å². The van der Waals surface area contributed by atoms with Crippen molar-refractivity contribution in [2.24, 2.45) is 10.9 Å². The van der Waals surface area contributed by atoms with Crippen LogP contribution < -0.4 is 10.1 Å². The first-order valence-corrected chi connectivity index (χ1v) is 10.1. The minimum Gasteiger partial charge on any atom is -0.485 e. The van der Waals surface area contributed by atoms with Crippen LogP contribution in [0.2, 0.25) is 0 Å². The molecule has 144 valence electrons. The third-order valence-corrected chi connectivity index (χ3v) is 4.69.